The number of ether oxygens (including phenoxy) is 2. The summed E-state index contributed by atoms with van der Waals surface area (Å²) in [6, 6.07) is 13.1. The van der Waals surface area contributed by atoms with Crippen LogP contribution in [0, 0.1) is 0 Å². The van der Waals surface area contributed by atoms with Crippen molar-refractivity contribution in [1.29, 1.82) is 0 Å². The Hall–Kier alpha value is -3.41. The number of rotatable bonds is 9. The lowest BCUT2D eigenvalue weighted by Gasteiger charge is -2.14. The molecule has 1 atom stereocenters. The molecule has 1 aromatic carbocycles. The van der Waals surface area contributed by atoms with Crippen LogP contribution in [0.4, 0.5) is 5.00 Å². The Bertz CT molecular complexity index is 1330. The van der Waals surface area contributed by atoms with Crippen LogP contribution in [0.5, 0.6) is 0 Å². The predicted molar refractivity (Wildman–Crippen MR) is 137 cm³/mol. The Balaban J connectivity index is 1.32. The van der Waals surface area contributed by atoms with Crippen LogP contribution in [-0.2, 0) is 20.8 Å². The Kier molecular flexibility index (Phi) is 7.49. The number of amides is 1. The summed E-state index contributed by atoms with van der Waals surface area (Å²) in [5.74, 6) is 0.514. The lowest BCUT2D eigenvalue weighted by Crippen LogP contribution is -2.18. The number of nitrogens with one attached hydrogen (secondary N) is 1. The first-order valence-electron chi connectivity index (χ1n) is 11.4. The number of thiophene rings is 1. The van der Waals surface area contributed by atoms with E-state index in [4.69, 9.17) is 13.9 Å². The molecule has 186 valence electrons. The molecule has 36 heavy (non-hydrogen) atoms. The maximum Gasteiger partial charge on any atom is 0.341 e. The second kappa shape index (κ2) is 11.1. The van der Waals surface area contributed by atoms with Crippen molar-refractivity contribution in [1.82, 2.24) is 14.8 Å². The van der Waals surface area contributed by atoms with E-state index < -0.39 is 5.97 Å². The molecule has 0 spiro atoms. The van der Waals surface area contributed by atoms with Crippen LogP contribution in [0.3, 0.4) is 0 Å². The van der Waals surface area contributed by atoms with Gasteiger partial charge in [-0.15, -0.1) is 21.5 Å². The van der Waals surface area contributed by atoms with E-state index in [9.17, 15) is 9.59 Å². The molecule has 1 saturated heterocycles. The maximum absolute atomic E-state index is 12.9. The summed E-state index contributed by atoms with van der Waals surface area (Å²) in [6.07, 6.45) is 3.62. The summed E-state index contributed by atoms with van der Waals surface area (Å²) in [5, 5.41) is 14.4. The van der Waals surface area contributed by atoms with Crippen LogP contribution < -0.4 is 5.32 Å². The normalized spacial score (nSPS) is 15.2. The van der Waals surface area contributed by atoms with Crippen LogP contribution in [0.15, 0.2) is 63.7 Å². The number of anilines is 1. The zero-order chi connectivity index (χ0) is 24.9. The van der Waals surface area contributed by atoms with Gasteiger partial charge >= 0.3 is 5.97 Å². The number of esters is 1. The summed E-state index contributed by atoms with van der Waals surface area (Å²) >= 11 is 2.56. The summed E-state index contributed by atoms with van der Waals surface area (Å²) < 4.78 is 18.3. The summed E-state index contributed by atoms with van der Waals surface area (Å²) in [7, 11) is 1.33. The number of benzene rings is 1. The van der Waals surface area contributed by atoms with E-state index in [1.54, 1.807) is 12.3 Å². The third kappa shape index (κ3) is 5.23. The van der Waals surface area contributed by atoms with Gasteiger partial charge in [-0.1, -0.05) is 42.1 Å². The van der Waals surface area contributed by atoms with E-state index in [2.05, 4.69) is 15.5 Å². The van der Waals surface area contributed by atoms with E-state index in [1.807, 2.05) is 46.3 Å². The second-order valence-corrected chi connectivity index (χ2v) is 9.90. The lowest BCUT2D eigenvalue weighted by atomic mass is 10.0. The van der Waals surface area contributed by atoms with Crippen molar-refractivity contribution in [3.63, 3.8) is 0 Å². The highest BCUT2D eigenvalue weighted by atomic mass is 32.2. The first-order chi connectivity index (χ1) is 17.6. The van der Waals surface area contributed by atoms with Gasteiger partial charge < -0.3 is 19.2 Å². The average Bonchev–Trinajstić information content (AvgIpc) is 3.71. The van der Waals surface area contributed by atoms with Gasteiger partial charge in [0.1, 0.15) is 10.6 Å². The minimum Gasteiger partial charge on any atom is -0.465 e. The quantitative estimate of drug-likeness (QED) is 0.242. The molecule has 1 N–H and O–H groups in total. The van der Waals surface area contributed by atoms with Gasteiger partial charge in [-0.2, -0.15) is 0 Å². The number of hydrogen-bond acceptors (Lipinski definition) is 9. The highest BCUT2D eigenvalue weighted by Gasteiger charge is 2.25. The number of nitrogens with zero attached hydrogens (tertiary/aromatic N) is 3. The first-order valence-corrected chi connectivity index (χ1v) is 13.3. The number of thioether (sulfide) groups is 1. The summed E-state index contributed by atoms with van der Waals surface area (Å²) in [6.45, 7) is 1.31. The third-order valence-corrected chi connectivity index (χ3v) is 7.58. The third-order valence-electron chi connectivity index (χ3n) is 5.72. The van der Waals surface area contributed by atoms with Crippen molar-refractivity contribution in [2.75, 3.05) is 24.8 Å². The second-order valence-electron chi connectivity index (χ2n) is 8.08. The molecule has 1 unspecified atom stereocenters. The van der Waals surface area contributed by atoms with E-state index in [-0.39, 0.29) is 17.8 Å². The summed E-state index contributed by atoms with van der Waals surface area (Å²) in [5.41, 5.74) is 1.93. The Morgan fingerprint density at radius 3 is 2.81 bits per heavy atom. The van der Waals surface area contributed by atoms with Gasteiger partial charge in [0.05, 0.1) is 31.8 Å². The molecule has 11 heteroatoms. The van der Waals surface area contributed by atoms with Gasteiger partial charge in [0.15, 0.2) is 10.9 Å². The van der Waals surface area contributed by atoms with E-state index >= 15 is 0 Å². The van der Waals surface area contributed by atoms with Crippen molar-refractivity contribution in [3.05, 3.63) is 59.7 Å². The molecule has 1 aliphatic heterocycles. The van der Waals surface area contributed by atoms with Gasteiger partial charge in [-0.05, 0) is 30.5 Å². The monoisotopic (exact) mass is 524 g/mol. The molecule has 0 bridgehead atoms. The van der Waals surface area contributed by atoms with E-state index in [0.717, 1.165) is 30.6 Å². The largest absolute Gasteiger partial charge is 0.465 e. The van der Waals surface area contributed by atoms with Crippen molar-refractivity contribution in [2.45, 2.75) is 30.6 Å². The standard InChI is InChI=1S/C25H24N4O5S2/c1-32-24(31)21-18(16-7-3-2-4-8-16)14-35-23(21)26-20(30)15-36-25-28-27-22(19-10-6-12-34-19)29(25)13-17-9-5-11-33-17/h2-4,6-8,10,12,14,17H,5,9,11,13,15H2,1H3,(H,26,30). The van der Waals surface area contributed by atoms with Crippen LogP contribution in [0.2, 0.25) is 0 Å². The Morgan fingerprint density at radius 2 is 2.08 bits per heavy atom. The van der Waals surface area contributed by atoms with Crippen LogP contribution in [-0.4, -0.2) is 52.2 Å². The molecule has 1 aliphatic rings. The number of carbonyl (C=O) groups excluding carboxylic acids is 2. The molecule has 4 aromatic rings. The molecule has 0 aliphatic carbocycles. The minimum atomic E-state index is -0.502. The molecule has 1 fully saturated rings. The molecule has 4 heterocycles. The fourth-order valence-electron chi connectivity index (χ4n) is 4.02. The summed E-state index contributed by atoms with van der Waals surface area (Å²) in [4.78, 5) is 25.5. The highest BCUT2D eigenvalue weighted by Crippen LogP contribution is 2.36. The van der Waals surface area contributed by atoms with Gasteiger partial charge in [0.2, 0.25) is 11.7 Å². The fraction of sp³-hybridized carbons (Fsp3) is 0.280. The molecular formula is C25H24N4O5S2. The fourth-order valence-corrected chi connectivity index (χ4v) is 5.74. The van der Waals surface area contributed by atoms with Crippen molar-refractivity contribution >= 4 is 40.0 Å². The lowest BCUT2D eigenvalue weighted by molar-refractivity contribution is -0.113. The zero-order valence-electron chi connectivity index (χ0n) is 19.5. The molecule has 5 rings (SSSR count). The van der Waals surface area contributed by atoms with Crippen molar-refractivity contribution < 1.29 is 23.5 Å². The van der Waals surface area contributed by atoms with Crippen molar-refractivity contribution in [2.24, 2.45) is 0 Å². The van der Waals surface area contributed by atoms with Gasteiger partial charge in [-0.3, -0.25) is 9.36 Å². The highest BCUT2D eigenvalue weighted by molar-refractivity contribution is 7.99. The molecular weight excluding hydrogens is 500 g/mol. The van der Waals surface area contributed by atoms with E-state index in [1.165, 1.54) is 30.2 Å². The molecule has 3 aromatic heterocycles. The maximum atomic E-state index is 12.9. The van der Waals surface area contributed by atoms with E-state index in [0.29, 0.717) is 33.9 Å². The number of aromatic nitrogens is 3. The SMILES string of the molecule is COC(=O)c1c(-c2ccccc2)csc1NC(=O)CSc1nnc(-c2ccco2)n1CC1CCCO1. The topological polar surface area (TPSA) is 108 Å². The van der Waals surface area contributed by atoms with Gasteiger partial charge in [-0.25, -0.2) is 4.79 Å². The van der Waals surface area contributed by atoms with Crippen LogP contribution >= 0.6 is 23.1 Å². The van der Waals surface area contributed by atoms with Crippen LogP contribution in [0.25, 0.3) is 22.7 Å². The molecule has 0 saturated carbocycles. The first kappa shape index (κ1) is 24.3. The smallest absolute Gasteiger partial charge is 0.341 e. The molecule has 9 nitrogen and oxygen atoms in total. The van der Waals surface area contributed by atoms with Crippen LogP contribution in [0.1, 0.15) is 23.2 Å². The van der Waals surface area contributed by atoms with Gasteiger partial charge in [0, 0.05) is 17.6 Å². The van der Waals surface area contributed by atoms with Crippen molar-refractivity contribution in [3.8, 4) is 22.7 Å². The number of hydrogen-bond donors (Lipinski definition) is 1. The average molecular weight is 525 g/mol. The zero-order valence-corrected chi connectivity index (χ0v) is 21.1. The Labute approximate surface area is 215 Å². The number of methoxy groups -OCH3 is 1. The Morgan fingerprint density at radius 1 is 1.22 bits per heavy atom. The number of furan rings is 1. The van der Waals surface area contributed by atoms with Gasteiger partial charge in [0.25, 0.3) is 0 Å². The molecule has 1 amide bonds. The number of carbonyl (C=O) groups is 2. The minimum absolute atomic E-state index is 0.0630. The predicted octanol–water partition coefficient (Wildman–Crippen LogP) is 4.96. The molecule has 0 radical (unpaired) electrons.